The van der Waals surface area contributed by atoms with E-state index in [-0.39, 0.29) is 16.5 Å². The maximum absolute atomic E-state index is 12.4. The van der Waals surface area contributed by atoms with Crippen molar-refractivity contribution < 1.29 is 14.3 Å². The number of hydrogen-bond donors (Lipinski definition) is 1. The minimum absolute atomic E-state index is 0.216. The number of likely N-dealkylation sites (tertiary alicyclic amines) is 1. The first kappa shape index (κ1) is 18.4. The van der Waals surface area contributed by atoms with Crippen molar-refractivity contribution in [3.63, 3.8) is 0 Å². The number of nitrogens with one attached hydrogen (secondary N) is 1. The number of esters is 1. The van der Waals surface area contributed by atoms with Gasteiger partial charge in [-0.1, -0.05) is 23.7 Å². The van der Waals surface area contributed by atoms with E-state index in [9.17, 15) is 9.59 Å². The molecule has 0 aliphatic carbocycles. The third-order valence-corrected chi connectivity index (χ3v) is 4.78. The zero-order chi connectivity index (χ0) is 18.5. The Morgan fingerprint density at radius 3 is 2.46 bits per heavy atom. The lowest BCUT2D eigenvalue weighted by atomic mass is 10.1. The highest BCUT2D eigenvalue weighted by Gasteiger charge is 2.14. The minimum atomic E-state index is -0.544. The van der Waals surface area contributed by atoms with Crippen molar-refractivity contribution in [3.8, 4) is 0 Å². The van der Waals surface area contributed by atoms with Crippen LogP contribution in [-0.4, -0.2) is 37.0 Å². The summed E-state index contributed by atoms with van der Waals surface area (Å²) in [6, 6.07) is 12.3. The topological polar surface area (TPSA) is 58.6 Å². The van der Waals surface area contributed by atoms with Gasteiger partial charge in [-0.3, -0.25) is 9.69 Å². The van der Waals surface area contributed by atoms with E-state index in [1.54, 1.807) is 12.1 Å². The third-order valence-electron chi connectivity index (χ3n) is 4.45. The predicted molar refractivity (Wildman–Crippen MR) is 102 cm³/mol. The monoisotopic (exact) mass is 372 g/mol. The Bertz CT molecular complexity index is 799. The van der Waals surface area contributed by atoms with Crippen LogP contribution in [0.25, 0.3) is 0 Å². The minimum Gasteiger partial charge on any atom is -0.465 e. The molecule has 0 saturated carbocycles. The first-order valence-corrected chi connectivity index (χ1v) is 8.95. The van der Waals surface area contributed by atoms with E-state index in [0.29, 0.717) is 11.3 Å². The van der Waals surface area contributed by atoms with E-state index in [4.69, 9.17) is 11.6 Å². The second-order valence-electron chi connectivity index (χ2n) is 6.32. The zero-order valence-electron chi connectivity index (χ0n) is 14.6. The van der Waals surface area contributed by atoms with Crippen molar-refractivity contribution in [1.82, 2.24) is 4.90 Å². The maximum Gasteiger partial charge on any atom is 0.339 e. The van der Waals surface area contributed by atoms with Gasteiger partial charge in [0.05, 0.1) is 17.7 Å². The van der Waals surface area contributed by atoms with Crippen LogP contribution in [0, 0.1) is 0 Å². The molecule has 0 bridgehead atoms. The van der Waals surface area contributed by atoms with Crippen LogP contribution < -0.4 is 5.32 Å². The molecule has 0 atom stereocenters. The van der Waals surface area contributed by atoms with Gasteiger partial charge in [0.25, 0.3) is 5.91 Å². The molecule has 1 aliphatic rings. The highest BCUT2D eigenvalue weighted by molar-refractivity contribution is 6.33. The zero-order valence-corrected chi connectivity index (χ0v) is 15.4. The Morgan fingerprint density at radius 2 is 1.81 bits per heavy atom. The number of carbonyl (C=O) groups is 2. The predicted octanol–water partition coefficient (Wildman–Crippen LogP) is 3.97. The molecule has 0 aromatic heterocycles. The van der Waals surface area contributed by atoms with Crippen LogP contribution in [0.3, 0.4) is 0 Å². The molecule has 0 spiro atoms. The summed E-state index contributed by atoms with van der Waals surface area (Å²) in [5, 5.41) is 3.06. The van der Waals surface area contributed by atoms with Crippen molar-refractivity contribution >= 4 is 29.2 Å². The summed E-state index contributed by atoms with van der Waals surface area (Å²) >= 11 is 5.99. The molecule has 136 valence electrons. The fourth-order valence-electron chi connectivity index (χ4n) is 3.03. The van der Waals surface area contributed by atoms with Gasteiger partial charge in [0.2, 0.25) is 0 Å². The lowest BCUT2D eigenvalue weighted by Gasteiger charge is -2.14. The maximum atomic E-state index is 12.4. The SMILES string of the molecule is COC(=O)c1cc(NC(=O)c2ccc(CN3CCCC3)cc2)ccc1Cl. The highest BCUT2D eigenvalue weighted by Crippen LogP contribution is 2.22. The van der Waals surface area contributed by atoms with Crippen LogP contribution in [-0.2, 0) is 11.3 Å². The Kier molecular flexibility index (Phi) is 5.91. The Labute approximate surface area is 157 Å². The lowest BCUT2D eigenvalue weighted by Crippen LogP contribution is -2.18. The van der Waals surface area contributed by atoms with Gasteiger partial charge in [-0.15, -0.1) is 0 Å². The number of nitrogens with zero attached hydrogens (tertiary/aromatic N) is 1. The van der Waals surface area contributed by atoms with Crippen LogP contribution in [0.5, 0.6) is 0 Å². The van der Waals surface area contributed by atoms with Crippen LogP contribution in [0.1, 0.15) is 39.1 Å². The average molecular weight is 373 g/mol. The fraction of sp³-hybridized carbons (Fsp3) is 0.300. The van der Waals surface area contributed by atoms with Gasteiger partial charge in [0, 0.05) is 17.8 Å². The summed E-state index contributed by atoms with van der Waals surface area (Å²) in [6.45, 7) is 3.20. The van der Waals surface area contributed by atoms with Crippen LogP contribution in [0.4, 0.5) is 5.69 Å². The van der Waals surface area contributed by atoms with E-state index in [1.165, 1.54) is 31.6 Å². The van der Waals surface area contributed by atoms with Crippen molar-refractivity contribution in [1.29, 1.82) is 0 Å². The van der Waals surface area contributed by atoms with E-state index < -0.39 is 5.97 Å². The first-order valence-electron chi connectivity index (χ1n) is 8.57. The van der Waals surface area contributed by atoms with Crippen molar-refractivity contribution in [3.05, 3.63) is 64.2 Å². The molecular formula is C20H21ClN2O3. The first-order chi connectivity index (χ1) is 12.6. The normalized spacial score (nSPS) is 14.2. The molecule has 26 heavy (non-hydrogen) atoms. The molecule has 3 rings (SSSR count). The molecule has 5 nitrogen and oxygen atoms in total. The van der Waals surface area contributed by atoms with Gasteiger partial charge in [-0.2, -0.15) is 0 Å². The Morgan fingerprint density at radius 1 is 1.12 bits per heavy atom. The molecular weight excluding hydrogens is 352 g/mol. The number of anilines is 1. The van der Waals surface area contributed by atoms with Crippen LogP contribution in [0.15, 0.2) is 42.5 Å². The third kappa shape index (κ3) is 4.42. The van der Waals surface area contributed by atoms with Crippen LogP contribution in [0.2, 0.25) is 5.02 Å². The second-order valence-corrected chi connectivity index (χ2v) is 6.73. The molecule has 1 saturated heterocycles. The number of carbonyl (C=O) groups excluding carboxylic acids is 2. The number of amides is 1. The Hall–Kier alpha value is -2.37. The number of ether oxygens (including phenoxy) is 1. The molecule has 0 radical (unpaired) electrons. The quantitative estimate of drug-likeness (QED) is 0.807. The molecule has 1 aliphatic heterocycles. The second kappa shape index (κ2) is 8.34. The van der Waals surface area contributed by atoms with Gasteiger partial charge >= 0.3 is 5.97 Å². The molecule has 2 aromatic carbocycles. The van der Waals surface area contributed by atoms with Crippen molar-refractivity contribution in [2.45, 2.75) is 19.4 Å². The number of halogens is 1. The van der Waals surface area contributed by atoms with Gasteiger partial charge in [0.15, 0.2) is 0 Å². The number of hydrogen-bond acceptors (Lipinski definition) is 4. The van der Waals surface area contributed by atoms with E-state index in [1.807, 2.05) is 24.3 Å². The summed E-state index contributed by atoms with van der Waals surface area (Å²) in [4.78, 5) is 26.5. The molecule has 6 heteroatoms. The van der Waals surface area contributed by atoms with Crippen molar-refractivity contribution in [2.75, 3.05) is 25.5 Å². The van der Waals surface area contributed by atoms with Gasteiger partial charge in [-0.25, -0.2) is 4.79 Å². The lowest BCUT2D eigenvalue weighted by molar-refractivity contribution is 0.0600. The standard InChI is InChI=1S/C20H21ClN2O3/c1-26-20(25)17-12-16(8-9-18(17)21)22-19(24)15-6-4-14(5-7-15)13-23-10-2-3-11-23/h4-9,12H,2-3,10-11,13H2,1H3,(H,22,24). The van der Waals surface area contributed by atoms with Gasteiger partial charge in [-0.05, 0) is 61.8 Å². The molecule has 1 amide bonds. The van der Waals surface area contributed by atoms with Gasteiger partial charge < -0.3 is 10.1 Å². The summed E-state index contributed by atoms with van der Waals surface area (Å²) in [7, 11) is 1.29. The summed E-state index contributed by atoms with van der Waals surface area (Å²) in [6.07, 6.45) is 2.52. The number of benzene rings is 2. The van der Waals surface area contributed by atoms with E-state index in [2.05, 4.69) is 15.0 Å². The number of rotatable bonds is 5. The largest absolute Gasteiger partial charge is 0.465 e. The summed E-state index contributed by atoms with van der Waals surface area (Å²) in [5.74, 6) is -0.784. The molecule has 2 aromatic rings. The molecule has 1 fully saturated rings. The molecule has 1 N–H and O–H groups in total. The fourth-order valence-corrected chi connectivity index (χ4v) is 3.23. The number of methoxy groups -OCH3 is 1. The van der Waals surface area contributed by atoms with Crippen LogP contribution >= 0.6 is 11.6 Å². The highest BCUT2D eigenvalue weighted by atomic mass is 35.5. The van der Waals surface area contributed by atoms with E-state index >= 15 is 0 Å². The molecule has 0 unspecified atom stereocenters. The Balaban J connectivity index is 1.67. The average Bonchev–Trinajstić information content (AvgIpc) is 3.16. The summed E-state index contributed by atoms with van der Waals surface area (Å²) in [5.41, 5.74) is 2.46. The summed E-state index contributed by atoms with van der Waals surface area (Å²) < 4.78 is 4.69. The van der Waals surface area contributed by atoms with E-state index in [0.717, 1.165) is 19.6 Å². The van der Waals surface area contributed by atoms with Gasteiger partial charge in [0.1, 0.15) is 0 Å². The smallest absolute Gasteiger partial charge is 0.339 e. The van der Waals surface area contributed by atoms with Crippen molar-refractivity contribution in [2.24, 2.45) is 0 Å². The molecule has 1 heterocycles.